The van der Waals surface area contributed by atoms with Gasteiger partial charge in [-0.1, -0.05) is 170 Å². The molecule has 0 saturated heterocycles. The fourth-order valence-corrected chi connectivity index (χ4v) is 11.2. The van der Waals surface area contributed by atoms with Crippen molar-refractivity contribution >= 4 is 91.9 Å². The van der Waals surface area contributed by atoms with Gasteiger partial charge in [0.05, 0.1) is 16.7 Å². The summed E-state index contributed by atoms with van der Waals surface area (Å²) in [5, 5.41) is 10.2. The molecule has 0 spiro atoms. The molecule has 2 heterocycles. The van der Waals surface area contributed by atoms with E-state index in [1.807, 2.05) is 11.3 Å². The molecule has 3 heteroatoms. The molecule has 0 aliphatic heterocycles. The second-order valence-electron chi connectivity index (χ2n) is 16.9. The second-order valence-corrected chi connectivity index (χ2v) is 17.9. The molecule has 11 aromatic carbocycles. The summed E-state index contributed by atoms with van der Waals surface area (Å²) in [4.78, 5) is 2.40. The van der Waals surface area contributed by atoms with Crippen LogP contribution in [0.4, 0.5) is 17.1 Å². The standard InChI is InChI=1S/C62H40N2S/c1-2-14-49-45(13-1)39-56(52-17-4-3-16-51(49)52)44-31-35-47(36-32-44)63(48-37-38-62-57(40-48)55-20-8-12-24-61(55)65-62)46-33-29-42(30-34-46)41-25-27-43(28-26-41)50-15-5-9-21-58(50)64-59-22-10-6-18-53(59)54-19-7-11-23-60(54)64/h1-40H. The molecule has 2 aromatic heterocycles. The van der Waals surface area contributed by atoms with Gasteiger partial charge in [-0.05, 0) is 122 Å². The van der Waals surface area contributed by atoms with Crippen molar-refractivity contribution in [2.45, 2.75) is 0 Å². The van der Waals surface area contributed by atoms with E-state index in [0.717, 1.165) is 17.1 Å². The summed E-state index contributed by atoms with van der Waals surface area (Å²) in [7, 11) is 0. The monoisotopic (exact) mass is 844 g/mol. The molecule has 0 radical (unpaired) electrons. The van der Waals surface area contributed by atoms with Crippen molar-refractivity contribution in [2.75, 3.05) is 4.90 Å². The third-order valence-electron chi connectivity index (χ3n) is 13.2. The van der Waals surface area contributed by atoms with Crippen LogP contribution in [0.2, 0.25) is 0 Å². The first kappa shape index (κ1) is 37.3. The van der Waals surface area contributed by atoms with E-state index in [0.29, 0.717) is 0 Å². The largest absolute Gasteiger partial charge is 0.310 e. The van der Waals surface area contributed by atoms with E-state index in [9.17, 15) is 0 Å². The second kappa shape index (κ2) is 15.2. The van der Waals surface area contributed by atoms with Gasteiger partial charge in [-0.25, -0.2) is 0 Å². The quantitative estimate of drug-likeness (QED) is 0.145. The predicted molar refractivity (Wildman–Crippen MR) is 280 cm³/mol. The molecule has 0 amide bonds. The van der Waals surface area contributed by atoms with Crippen molar-refractivity contribution in [1.82, 2.24) is 4.57 Å². The van der Waals surface area contributed by atoms with Crippen LogP contribution in [0.3, 0.4) is 0 Å². The smallest absolute Gasteiger partial charge is 0.0541 e. The van der Waals surface area contributed by atoms with Crippen molar-refractivity contribution in [3.63, 3.8) is 0 Å². The summed E-state index contributed by atoms with van der Waals surface area (Å²) in [6.07, 6.45) is 0. The summed E-state index contributed by atoms with van der Waals surface area (Å²) < 4.78 is 5.02. The zero-order valence-corrected chi connectivity index (χ0v) is 36.2. The summed E-state index contributed by atoms with van der Waals surface area (Å²) in [5.41, 5.74) is 14.1. The topological polar surface area (TPSA) is 8.17 Å². The van der Waals surface area contributed by atoms with Crippen LogP contribution in [0.25, 0.3) is 103 Å². The molecule has 13 rings (SSSR count). The van der Waals surface area contributed by atoms with Gasteiger partial charge in [0.15, 0.2) is 0 Å². The average molecular weight is 845 g/mol. The molecule has 304 valence electrons. The van der Waals surface area contributed by atoms with Gasteiger partial charge in [0, 0.05) is 53.6 Å². The van der Waals surface area contributed by atoms with Crippen molar-refractivity contribution in [2.24, 2.45) is 0 Å². The van der Waals surface area contributed by atoms with Gasteiger partial charge in [-0.2, -0.15) is 0 Å². The number of hydrogen-bond acceptors (Lipinski definition) is 2. The molecule has 0 aliphatic rings. The molecule has 0 aliphatic carbocycles. The SMILES string of the molecule is c1ccc(-n2c3ccccc3c3ccccc32)c(-c2ccc(-c3ccc(N(c4ccc(-c5cc6ccccc6c6ccccc56)cc4)c4ccc5sc6ccccc6c5c4)cc3)cc2)c1. The molecule has 2 nitrogen and oxygen atoms in total. The fraction of sp³-hybridized carbons (Fsp3) is 0. The number of aromatic nitrogens is 1. The Hall–Kier alpha value is -8.24. The van der Waals surface area contributed by atoms with Crippen LogP contribution in [-0.4, -0.2) is 4.57 Å². The Balaban J connectivity index is 0.873. The highest BCUT2D eigenvalue weighted by Gasteiger charge is 2.18. The van der Waals surface area contributed by atoms with E-state index in [4.69, 9.17) is 0 Å². The molecular formula is C62H40N2S. The minimum absolute atomic E-state index is 1.10. The lowest BCUT2D eigenvalue weighted by atomic mass is 9.93. The van der Waals surface area contributed by atoms with Gasteiger partial charge in [0.1, 0.15) is 0 Å². The zero-order valence-electron chi connectivity index (χ0n) is 35.4. The molecule has 0 bridgehead atoms. The molecule has 0 fully saturated rings. The fourth-order valence-electron chi connectivity index (χ4n) is 10.1. The van der Waals surface area contributed by atoms with Gasteiger partial charge in [0.25, 0.3) is 0 Å². The van der Waals surface area contributed by atoms with Crippen molar-refractivity contribution in [1.29, 1.82) is 0 Å². The van der Waals surface area contributed by atoms with Gasteiger partial charge >= 0.3 is 0 Å². The normalized spacial score (nSPS) is 11.7. The van der Waals surface area contributed by atoms with Crippen molar-refractivity contribution < 1.29 is 0 Å². The summed E-state index contributed by atoms with van der Waals surface area (Å²) in [5.74, 6) is 0. The van der Waals surface area contributed by atoms with E-state index in [2.05, 4.69) is 252 Å². The number of rotatable bonds is 7. The summed E-state index contributed by atoms with van der Waals surface area (Å²) in [6.45, 7) is 0. The predicted octanol–water partition coefficient (Wildman–Crippen LogP) is 17.9. The van der Waals surface area contributed by atoms with Crippen molar-refractivity contribution in [3.8, 4) is 39.1 Å². The maximum atomic E-state index is 2.41. The van der Waals surface area contributed by atoms with Crippen LogP contribution in [0, 0.1) is 0 Å². The lowest BCUT2D eigenvalue weighted by Gasteiger charge is -2.26. The van der Waals surface area contributed by atoms with Crippen molar-refractivity contribution in [3.05, 3.63) is 243 Å². The molecule has 0 N–H and O–H groups in total. The highest BCUT2D eigenvalue weighted by atomic mass is 32.1. The Morgan fingerprint density at radius 3 is 1.48 bits per heavy atom. The Bertz CT molecular complexity index is 3880. The first-order valence-electron chi connectivity index (χ1n) is 22.2. The van der Waals surface area contributed by atoms with E-state index < -0.39 is 0 Å². The molecule has 0 unspecified atom stereocenters. The number of nitrogens with zero attached hydrogens (tertiary/aromatic N) is 2. The number of anilines is 3. The highest BCUT2D eigenvalue weighted by Crippen LogP contribution is 2.43. The van der Waals surface area contributed by atoms with Gasteiger partial charge in [-0.3, -0.25) is 0 Å². The molecular weight excluding hydrogens is 805 g/mol. The zero-order chi connectivity index (χ0) is 42.8. The number of thiophene rings is 1. The molecule has 65 heavy (non-hydrogen) atoms. The summed E-state index contributed by atoms with van der Waals surface area (Å²) in [6, 6.07) is 88.9. The minimum atomic E-state index is 1.10. The third-order valence-corrected chi connectivity index (χ3v) is 14.4. The molecule has 0 atom stereocenters. The Morgan fingerprint density at radius 2 is 0.769 bits per heavy atom. The Morgan fingerprint density at radius 1 is 0.292 bits per heavy atom. The van der Waals surface area contributed by atoms with E-state index in [1.165, 1.54) is 103 Å². The number of fused-ring (bicyclic) bond motifs is 9. The Labute approximate surface area is 381 Å². The third kappa shape index (κ3) is 6.24. The number of para-hydroxylation sites is 3. The Kier molecular flexibility index (Phi) is 8.75. The summed E-state index contributed by atoms with van der Waals surface area (Å²) >= 11 is 1.85. The number of hydrogen-bond donors (Lipinski definition) is 0. The lowest BCUT2D eigenvalue weighted by molar-refractivity contribution is 1.18. The van der Waals surface area contributed by atoms with Gasteiger partial charge in [-0.15, -0.1) is 11.3 Å². The number of benzene rings is 11. The van der Waals surface area contributed by atoms with E-state index >= 15 is 0 Å². The van der Waals surface area contributed by atoms with E-state index in [-0.39, 0.29) is 0 Å². The average Bonchev–Trinajstić information content (AvgIpc) is 3.92. The van der Waals surface area contributed by atoms with Crippen LogP contribution in [0.1, 0.15) is 0 Å². The molecule has 0 saturated carbocycles. The van der Waals surface area contributed by atoms with Gasteiger partial charge < -0.3 is 9.47 Å². The first-order chi connectivity index (χ1) is 32.2. The van der Waals surface area contributed by atoms with Crippen LogP contribution in [-0.2, 0) is 0 Å². The van der Waals surface area contributed by atoms with Gasteiger partial charge in [0.2, 0.25) is 0 Å². The van der Waals surface area contributed by atoms with Crippen LogP contribution in [0.15, 0.2) is 243 Å². The minimum Gasteiger partial charge on any atom is -0.310 e. The highest BCUT2D eigenvalue weighted by molar-refractivity contribution is 7.25. The maximum absolute atomic E-state index is 2.41. The molecule has 13 aromatic rings. The van der Waals surface area contributed by atoms with E-state index in [1.54, 1.807) is 0 Å². The maximum Gasteiger partial charge on any atom is 0.0541 e. The van der Waals surface area contributed by atoms with Crippen LogP contribution < -0.4 is 4.90 Å². The van der Waals surface area contributed by atoms with Crippen LogP contribution in [0.5, 0.6) is 0 Å². The first-order valence-corrected chi connectivity index (χ1v) is 23.1. The van der Waals surface area contributed by atoms with Crippen LogP contribution >= 0.6 is 11.3 Å². The lowest BCUT2D eigenvalue weighted by Crippen LogP contribution is -2.09.